The molecular weight excluding hydrogens is 383 g/mol. The molecule has 1 aromatic rings. The van der Waals surface area contributed by atoms with E-state index in [1.165, 1.54) is 6.07 Å². The van der Waals surface area contributed by atoms with Gasteiger partial charge in [0.25, 0.3) is 5.91 Å². The zero-order chi connectivity index (χ0) is 19.7. The summed E-state index contributed by atoms with van der Waals surface area (Å²) >= 11 is 0.618. The number of benzene rings is 1. The molecule has 0 atom stereocenters. The molecule has 1 spiro atoms. The van der Waals surface area contributed by atoms with Crippen molar-refractivity contribution in [1.82, 2.24) is 10.6 Å². The summed E-state index contributed by atoms with van der Waals surface area (Å²) in [6.45, 7) is 0. The highest BCUT2D eigenvalue weighted by Gasteiger charge is 2.48. The van der Waals surface area contributed by atoms with Crippen LogP contribution in [0, 0.1) is 5.92 Å². The molecule has 1 saturated carbocycles. The second-order valence-corrected chi connectivity index (χ2v) is 7.67. The summed E-state index contributed by atoms with van der Waals surface area (Å²) < 4.78 is 37.4. The average Bonchev–Trinajstić information content (AvgIpc) is 2.87. The molecule has 0 unspecified atom stereocenters. The molecule has 4 amide bonds. The molecular formula is C17H18F3N3O3S. The first kappa shape index (κ1) is 19.5. The highest BCUT2D eigenvalue weighted by atomic mass is 32.2. The van der Waals surface area contributed by atoms with E-state index >= 15 is 0 Å². The van der Waals surface area contributed by atoms with Crippen LogP contribution in [0.3, 0.4) is 0 Å². The van der Waals surface area contributed by atoms with Crippen molar-refractivity contribution in [1.29, 1.82) is 0 Å². The first-order valence-corrected chi connectivity index (χ1v) is 9.40. The molecule has 3 rings (SSSR count). The monoisotopic (exact) mass is 401 g/mol. The Balaban J connectivity index is 1.60. The van der Waals surface area contributed by atoms with Gasteiger partial charge in [0.1, 0.15) is 5.54 Å². The van der Waals surface area contributed by atoms with Gasteiger partial charge in [-0.1, -0.05) is 12.1 Å². The van der Waals surface area contributed by atoms with Crippen LogP contribution in [0.25, 0.3) is 0 Å². The van der Waals surface area contributed by atoms with Crippen molar-refractivity contribution in [3.8, 4) is 0 Å². The zero-order valence-electron chi connectivity index (χ0n) is 14.2. The maximum absolute atomic E-state index is 12.5. The average molecular weight is 401 g/mol. The molecule has 1 saturated heterocycles. The van der Waals surface area contributed by atoms with Gasteiger partial charge in [-0.05, 0) is 37.8 Å². The number of carbonyl (C=O) groups is 3. The highest BCUT2D eigenvalue weighted by Crippen LogP contribution is 2.36. The summed E-state index contributed by atoms with van der Waals surface area (Å²) in [6, 6.07) is 5.81. The Morgan fingerprint density at radius 2 is 1.89 bits per heavy atom. The Labute approximate surface area is 157 Å². The third-order valence-corrected chi connectivity index (χ3v) is 5.90. The number of nitrogens with one attached hydrogen (secondary N) is 3. The van der Waals surface area contributed by atoms with E-state index in [9.17, 15) is 27.6 Å². The summed E-state index contributed by atoms with van der Waals surface area (Å²) in [6.07, 6.45) is -2.82. The number of imide groups is 1. The number of para-hydroxylation sites is 1. The summed E-state index contributed by atoms with van der Waals surface area (Å²) in [4.78, 5) is 36.2. The first-order chi connectivity index (χ1) is 12.7. The predicted molar refractivity (Wildman–Crippen MR) is 93.2 cm³/mol. The van der Waals surface area contributed by atoms with E-state index in [2.05, 4.69) is 16.0 Å². The van der Waals surface area contributed by atoms with Crippen LogP contribution in [0.4, 0.5) is 23.7 Å². The lowest BCUT2D eigenvalue weighted by Gasteiger charge is -2.33. The van der Waals surface area contributed by atoms with Crippen molar-refractivity contribution in [2.75, 3.05) is 11.1 Å². The van der Waals surface area contributed by atoms with E-state index < -0.39 is 23.5 Å². The maximum Gasteiger partial charge on any atom is 0.398 e. The Morgan fingerprint density at radius 3 is 2.48 bits per heavy atom. The normalized spacial score (nSPS) is 25.2. The molecule has 1 aliphatic carbocycles. The minimum Gasteiger partial charge on any atom is -0.325 e. The van der Waals surface area contributed by atoms with Crippen LogP contribution in [-0.2, 0) is 9.59 Å². The fraction of sp³-hybridized carbons (Fsp3) is 0.471. The molecule has 2 fully saturated rings. The fourth-order valence-corrected chi connectivity index (χ4v) is 4.11. The minimum atomic E-state index is -4.30. The summed E-state index contributed by atoms with van der Waals surface area (Å²) in [5.74, 6) is -2.09. The molecule has 0 aromatic heterocycles. The molecule has 0 radical (unpaired) electrons. The van der Waals surface area contributed by atoms with Gasteiger partial charge in [-0.15, -0.1) is 11.8 Å². The van der Waals surface area contributed by atoms with Gasteiger partial charge in [-0.25, -0.2) is 4.79 Å². The van der Waals surface area contributed by atoms with Crippen molar-refractivity contribution in [3.05, 3.63) is 24.3 Å². The lowest BCUT2D eigenvalue weighted by Crippen LogP contribution is -2.50. The van der Waals surface area contributed by atoms with Crippen LogP contribution in [-0.4, -0.2) is 35.3 Å². The molecule has 1 aromatic carbocycles. The van der Waals surface area contributed by atoms with E-state index in [-0.39, 0.29) is 17.7 Å². The zero-order valence-corrected chi connectivity index (χ0v) is 15.0. The SMILES string of the molecule is O=C1NC(=O)C2(CCC(C(=O)Nc3ccccc3SCC(F)(F)F)CC2)N1. The fourth-order valence-electron chi connectivity index (χ4n) is 3.34. The number of urea groups is 1. The number of anilines is 1. The Hall–Kier alpha value is -2.23. The summed E-state index contributed by atoms with van der Waals surface area (Å²) in [5.41, 5.74) is -0.613. The first-order valence-electron chi connectivity index (χ1n) is 8.42. The van der Waals surface area contributed by atoms with Crippen LogP contribution in [0.2, 0.25) is 0 Å². The molecule has 146 valence electrons. The van der Waals surface area contributed by atoms with Gasteiger partial charge in [-0.2, -0.15) is 13.2 Å². The molecule has 1 aliphatic heterocycles. The number of hydrogen-bond donors (Lipinski definition) is 3. The van der Waals surface area contributed by atoms with Crippen molar-refractivity contribution in [2.45, 2.75) is 42.3 Å². The maximum atomic E-state index is 12.5. The molecule has 10 heteroatoms. The smallest absolute Gasteiger partial charge is 0.325 e. The van der Waals surface area contributed by atoms with Crippen LogP contribution in [0.15, 0.2) is 29.2 Å². The van der Waals surface area contributed by atoms with Crippen LogP contribution >= 0.6 is 11.8 Å². The number of alkyl halides is 3. The summed E-state index contributed by atoms with van der Waals surface area (Å²) in [5, 5.41) is 7.54. The second-order valence-electron chi connectivity index (χ2n) is 6.65. The molecule has 0 bridgehead atoms. The van der Waals surface area contributed by atoms with E-state index in [1.54, 1.807) is 18.2 Å². The number of carbonyl (C=O) groups excluding carboxylic acids is 3. The predicted octanol–water partition coefficient (Wildman–Crippen LogP) is 3.05. The standard InChI is InChI=1S/C17H18F3N3O3S/c18-17(19,20)9-27-12-4-2-1-3-11(12)21-13(24)10-5-7-16(8-6-10)14(25)22-15(26)23-16/h1-4,10H,5-9H2,(H,21,24)(H2,22,23,25,26). The van der Waals surface area contributed by atoms with Gasteiger partial charge >= 0.3 is 12.2 Å². The van der Waals surface area contributed by atoms with Crippen LogP contribution in [0.1, 0.15) is 25.7 Å². The molecule has 6 nitrogen and oxygen atoms in total. The minimum absolute atomic E-state index is 0.297. The number of amides is 4. The highest BCUT2D eigenvalue weighted by molar-refractivity contribution is 7.99. The van der Waals surface area contributed by atoms with Crippen molar-refractivity contribution < 1.29 is 27.6 Å². The van der Waals surface area contributed by atoms with Gasteiger partial charge in [0.05, 0.1) is 11.4 Å². The van der Waals surface area contributed by atoms with Gasteiger partial charge in [0.2, 0.25) is 5.91 Å². The number of hydrogen-bond acceptors (Lipinski definition) is 4. The van der Waals surface area contributed by atoms with E-state index in [0.717, 1.165) is 0 Å². The third-order valence-electron chi connectivity index (χ3n) is 4.76. The Morgan fingerprint density at radius 1 is 1.22 bits per heavy atom. The number of rotatable bonds is 4. The molecule has 1 heterocycles. The third kappa shape index (κ3) is 4.55. The van der Waals surface area contributed by atoms with Crippen molar-refractivity contribution >= 4 is 35.3 Å². The van der Waals surface area contributed by atoms with Crippen molar-refractivity contribution in [2.24, 2.45) is 5.92 Å². The quantitative estimate of drug-likeness (QED) is 0.535. The lowest BCUT2D eigenvalue weighted by atomic mass is 9.76. The molecule has 3 N–H and O–H groups in total. The van der Waals surface area contributed by atoms with Gasteiger partial charge in [-0.3, -0.25) is 14.9 Å². The largest absolute Gasteiger partial charge is 0.398 e. The number of thioether (sulfide) groups is 1. The van der Waals surface area contributed by atoms with E-state index in [1.807, 2.05) is 0 Å². The van der Waals surface area contributed by atoms with Crippen LogP contribution in [0.5, 0.6) is 0 Å². The van der Waals surface area contributed by atoms with Gasteiger partial charge in [0, 0.05) is 10.8 Å². The van der Waals surface area contributed by atoms with E-state index in [4.69, 9.17) is 0 Å². The van der Waals surface area contributed by atoms with Gasteiger partial charge in [0.15, 0.2) is 0 Å². The lowest BCUT2D eigenvalue weighted by molar-refractivity contribution is -0.128. The van der Waals surface area contributed by atoms with Crippen molar-refractivity contribution in [3.63, 3.8) is 0 Å². The number of halogens is 3. The summed E-state index contributed by atoms with van der Waals surface area (Å²) in [7, 11) is 0. The Bertz CT molecular complexity index is 761. The van der Waals surface area contributed by atoms with Crippen LogP contribution < -0.4 is 16.0 Å². The Kier molecular flexibility index (Phi) is 5.36. The topological polar surface area (TPSA) is 87.3 Å². The molecule has 27 heavy (non-hydrogen) atoms. The van der Waals surface area contributed by atoms with E-state index in [0.29, 0.717) is 48.0 Å². The second kappa shape index (κ2) is 7.41. The molecule has 2 aliphatic rings. The van der Waals surface area contributed by atoms with Gasteiger partial charge < -0.3 is 10.6 Å².